The van der Waals surface area contributed by atoms with Gasteiger partial charge in [-0.3, -0.25) is 4.90 Å². The van der Waals surface area contributed by atoms with Gasteiger partial charge in [0.2, 0.25) is 0 Å². The zero-order valence-corrected chi connectivity index (χ0v) is 14.7. The molecule has 1 aliphatic carbocycles. The molecule has 1 aliphatic heterocycles. The van der Waals surface area contributed by atoms with Crippen molar-refractivity contribution in [3.05, 3.63) is 0 Å². The summed E-state index contributed by atoms with van der Waals surface area (Å²) in [7, 11) is 2.36. The molecule has 2 fully saturated rings. The monoisotopic (exact) mass is 295 g/mol. The van der Waals surface area contributed by atoms with Crippen LogP contribution in [0.1, 0.15) is 58.8 Å². The summed E-state index contributed by atoms with van der Waals surface area (Å²) in [6, 6.07) is 0.805. The number of likely N-dealkylation sites (tertiary alicyclic amines) is 1. The summed E-state index contributed by atoms with van der Waals surface area (Å²) >= 11 is 0. The van der Waals surface area contributed by atoms with Gasteiger partial charge in [-0.1, -0.05) is 33.1 Å². The Balaban J connectivity index is 1.86. The van der Waals surface area contributed by atoms with Crippen molar-refractivity contribution in [1.82, 2.24) is 15.1 Å². The molecule has 0 radical (unpaired) electrons. The van der Waals surface area contributed by atoms with Crippen molar-refractivity contribution in [2.75, 3.05) is 46.3 Å². The van der Waals surface area contributed by atoms with Crippen LogP contribution in [0.25, 0.3) is 0 Å². The van der Waals surface area contributed by atoms with E-state index in [2.05, 4.69) is 36.0 Å². The average Bonchev–Trinajstić information content (AvgIpc) is 2.93. The van der Waals surface area contributed by atoms with Gasteiger partial charge in [0, 0.05) is 25.7 Å². The van der Waals surface area contributed by atoms with Crippen molar-refractivity contribution in [2.45, 2.75) is 64.8 Å². The van der Waals surface area contributed by atoms with E-state index in [1.165, 1.54) is 77.7 Å². The van der Waals surface area contributed by atoms with E-state index in [9.17, 15) is 0 Å². The van der Waals surface area contributed by atoms with E-state index in [4.69, 9.17) is 0 Å². The van der Waals surface area contributed by atoms with E-state index >= 15 is 0 Å². The molecule has 3 heteroatoms. The molecular formula is C18H37N3. The van der Waals surface area contributed by atoms with E-state index in [0.717, 1.165) is 12.6 Å². The first-order valence-corrected chi connectivity index (χ1v) is 9.32. The summed E-state index contributed by atoms with van der Waals surface area (Å²) in [6.07, 6.45) is 9.96. The van der Waals surface area contributed by atoms with Gasteiger partial charge in [0.05, 0.1) is 0 Å². The summed E-state index contributed by atoms with van der Waals surface area (Å²) in [4.78, 5) is 5.32. The zero-order chi connectivity index (χ0) is 15.1. The lowest BCUT2D eigenvalue weighted by atomic mass is 9.73. The van der Waals surface area contributed by atoms with Crippen LogP contribution in [0.5, 0.6) is 0 Å². The molecule has 124 valence electrons. The van der Waals surface area contributed by atoms with Gasteiger partial charge < -0.3 is 10.2 Å². The summed E-state index contributed by atoms with van der Waals surface area (Å²) in [6.45, 7) is 12.0. The Bertz CT molecular complexity index is 286. The highest BCUT2D eigenvalue weighted by Gasteiger charge is 2.34. The lowest BCUT2D eigenvalue weighted by molar-refractivity contribution is 0.0998. The molecule has 0 aromatic carbocycles. The first-order valence-electron chi connectivity index (χ1n) is 9.32. The molecule has 1 N–H and O–H groups in total. The minimum absolute atomic E-state index is 0.540. The maximum atomic E-state index is 3.64. The number of nitrogens with zero attached hydrogens (tertiary/aromatic N) is 2. The number of hydrogen-bond donors (Lipinski definition) is 1. The molecule has 1 atom stereocenters. The van der Waals surface area contributed by atoms with Gasteiger partial charge in [-0.15, -0.1) is 0 Å². The van der Waals surface area contributed by atoms with Gasteiger partial charge >= 0.3 is 0 Å². The SMILES string of the molecule is CCNCC1(CN(C)CC2CCCN2CC)CCCCC1. The van der Waals surface area contributed by atoms with Crippen molar-refractivity contribution in [3.63, 3.8) is 0 Å². The second-order valence-electron chi connectivity index (χ2n) is 7.46. The second kappa shape index (κ2) is 8.50. The van der Waals surface area contributed by atoms with Crippen molar-refractivity contribution in [3.8, 4) is 0 Å². The predicted molar refractivity (Wildman–Crippen MR) is 91.8 cm³/mol. The molecule has 1 heterocycles. The summed E-state index contributed by atoms with van der Waals surface area (Å²) < 4.78 is 0. The van der Waals surface area contributed by atoms with Crippen molar-refractivity contribution in [1.29, 1.82) is 0 Å². The fourth-order valence-electron chi connectivity index (χ4n) is 4.60. The van der Waals surface area contributed by atoms with Crippen LogP contribution < -0.4 is 5.32 Å². The summed E-state index contributed by atoms with van der Waals surface area (Å²) in [5, 5.41) is 3.64. The Morgan fingerprint density at radius 3 is 2.57 bits per heavy atom. The lowest BCUT2D eigenvalue weighted by Gasteiger charge is -2.41. The van der Waals surface area contributed by atoms with Crippen LogP contribution in [-0.2, 0) is 0 Å². The first-order chi connectivity index (χ1) is 10.2. The Morgan fingerprint density at radius 1 is 1.14 bits per heavy atom. The molecule has 0 amide bonds. The van der Waals surface area contributed by atoms with Gasteiger partial charge in [-0.2, -0.15) is 0 Å². The molecule has 2 aliphatic rings. The lowest BCUT2D eigenvalue weighted by Crippen LogP contribution is -2.47. The van der Waals surface area contributed by atoms with Crippen molar-refractivity contribution >= 4 is 0 Å². The highest BCUT2D eigenvalue weighted by Crippen LogP contribution is 2.36. The molecule has 0 bridgehead atoms. The quantitative estimate of drug-likeness (QED) is 0.743. The zero-order valence-electron chi connectivity index (χ0n) is 14.7. The Morgan fingerprint density at radius 2 is 1.90 bits per heavy atom. The minimum atomic E-state index is 0.540. The smallest absolute Gasteiger partial charge is 0.0223 e. The summed E-state index contributed by atoms with van der Waals surface area (Å²) in [5.41, 5.74) is 0.540. The average molecular weight is 296 g/mol. The highest BCUT2D eigenvalue weighted by molar-refractivity contribution is 4.89. The topological polar surface area (TPSA) is 18.5 Å². The van der Waals surface area contributed by atoms with Crippen LogP contribution in [0, 0.1) is 5.41 Å². The van der Waals surface area contributed by atoms with Crippen LogP contribution in [0.15, 0.2) is 0 Å². The molecule has 1 unspecified atom stereocenters. The highest BCUT2D eigenvalue weighted by atomic mass is 15.2. The fraction of sp³-hybridized carbons (Fsp3) is 1.00. The largest absolute Gasteiger partial charge is 0.316 e. The van der Waals surface area contributed by atoms with Crippen LogP contribution >= 0.6 is 0 Å². The number of nitrogens with one attached hydrogen (secondary N) is 1. The normalized spacial score (nSPS) is 26.6. The minimum Gasteiger partial charge on any atom is -0.316 e. The number of rotatable bonds is 8. The molecule has 1 saturated heterocycles. The number of hydrogen-bond acceptors (Lipinski definition) is 3. The fourth-order valence-corrected chi connectivity index (χ4v) is 4.60. The summed E-state index contributed by atoms with van der Waals surface area (Å²) in [5.74, 6) is 0. The van der Waals surface area contributed by atoms with Crippen molar-refractivity contribution < 1.29 is 0 Å². The maximum Gasteiger partial charge on any atom is 0.0223 e. The third kappa shape index (κ3) is 4.94. The molecule has 3 nitrogen and oxygen atoms in total. The van der Waals surface area contributed by atoms with Gasteiger partial charge in [0.1, 0.15) is 0 Å². The predicted octanol–water partition coefficient (Wildman–Crippen LogP) is 2.96. The van der Waals surface area contributed by atoms with Gasteiger partial charge in [-0.25, -0.2) is 0 Å². The van der Waals surface area contributed by atoms with Gasteiger partial charge in [-0.05, 0) is 57.8 Å². The van der Waals surface area contributed by atoms with E-state index in [0.29, 0.717) is 5.41 Å². The third-order valence-corrected chi connectivity index (χ3v) is 5.70. The van der Waals surface area contributed by atoms with E-state index in [1.807, 2.05) is 0 Å². The molecule has 0 aromatic heterocycles. The Hall–Kier alpha value is -0.120. The second-order valence-corrected chi connectivity index (χ2v) is 7.46. The van der Waals surface area contributed by atoms with Gasteiger partial charge in [0.25, 0.3) is 0 Å². The van der Waals surface area contributed by atoms with E-state index in [1.54, 1.807) is 0 Å². The Labute approximate surface area is 132 Å². The van der Waals surface area contributed by atoms with Crippen molar-refractivity contribution in [2.24, 2.45) is 5.41 Å². The van der Waals surface area contributed by atoms with Crippen LogP contribution in [0.3, 0.4) is 0 Å². The van der Waals surface area contributed by atoms with Crippen LogP contribution in [-0.4, -0.2) is 62.2 Å². The van der Waals surface area contributed by atoms with Gasteiger partial charge in [0.15, 0.2) is 0 Å². The first kappa shape index (κ1) is 17.2. The third-order valence-electron chi connectivity index (χ3n) is 5.70. The van der Waals surface area contributed by atoms with Crippen LogP contribution in [0.4, 0.5) is 0 Å². The maximum absolute atomic E-state index is 3.64. The molecule has 0 aromatic rings. The number of likely N-dealkylation sites (N-methyl/N-ethyl adjacent to an activating group) is 2. The van der Waals surface area contributed by atoms with E-state index < -0.39 is 0 Å². The van der Waals surface area contributed by atoms with E-state index in [-0.39, 0.29) is 0 Å². The molecule has 1 saturated carbocycles. The Kier molecular flexibility index (Phi) is 6.97. The van der Waals surface area contributed by atoms with Crippen LogP contribution in [0.2, 0.25) is 0 Å². The molecule has 21 heavy (non-hydrogen) atoms. The standard InChI is InChI=1S/C18H37N3/c1-4-19-15-18(11-7-6-8-12-18)16-20(3)14-17-10-9-13-21(17)5-2/h17,19H,4-16H2,1-3H3. The molecular weight excluding hydrogens is 258 g/mol. The molecule has 0 spiro atoms. The molecule has 2 rings (SSSR count).